The lowest BCUT2D eigenvalue weighted by Gasteiger charge is -2.34. The van der Waals surface area contributed by atoms with Gasteiger partial charge in [-0.2, -0.15) is 0 Å². The van der Waals surface area contributed by atoms with Gasteiger partial charge in [-0.25, -0.2) is 4.98 Å². The molecule has 6 heteroatoms. The molecule has 3 heterocycles. The van der Waals surface area contributed by atoms with Crippen LogP contribution in [0.3, 0.4) is 0 Å². The Morgan fingerprint density at radius 2 is 2.12 bits per heavy atom. The van der Waals surface area contributed by atoms with Crippen LogP contribution in [-0.2, 0) is 0 Å². The molecule has 2 atom stereocenters. The molecule has 4 rings (SSSR count). The van der Waals surface area contributed by atoms with Gasteiger partial charge < -0.3 is 22.2 Å². The molecule has 0 bridgehead atoms. The molecular formula is C19H23Cl2N3S. The minimum absolute atomic E-state index is 0. The standard InChI is InChI=1S/C19H22ClN3S.ClH/c1-22-10-5-4-6-15(22)9-11-23-16-7-2-3-8-17(16)24-18-12-14(20)13-21-19(18)23;/h2-3,7-8,12-13,15H,4-6,9-11H2,1H3;1H. The van der Waals surface area contributed by atoms with Crippen LogP contribution in [0.1, 0.15) is 25.7 Å². The lowest BCUT2D eigenvalue weighted by atomic mass is 10.00. The van der Waals surface area contributed by atoms with E-state index < -0.39 is 0 Å². The van der Waals surface area contributed by atoms with Crippen LogP contribution in [0.25, 0.3) is 0 Å². The fraction of sp³-hybridized carbons (Fsp3) is 0.421. The predicted octanol–water partition coefficient (Wildman–Crippen LogP) is 0.799. The Hall–Kier alpha value is -0.940. The van der Waals surface area contributed by atoms with E-state index in [2.05, 4.69) is 41.2 Å². The number of aromatic nitrogens is 1. The van der Waals surface area contributed by atoms with Crippen molar-refractivity contribution in [3.8, 4) is 0 Å². The molecule has 3 nitrogen and oxygen atoms in total. The van der Waals surface area contributed by atoms with E-state index in [1.54, 1.807) is 22.9 Å². The van der Waals surface area contributed by atoms with Crippen molar-refractivity contribution in [1.29, 1.82) is 0 Å². The third kappa shape index (κ3) is 3.92. The fourth-order valence-corrected chi connectivity index (χ4v) is 5.17. The highest BCUT2D eigenvalue weighted by molar-refractivity contribution is 7.99. The summed E-state index contributed by atoms with van der Waals surface area (Å²) in [5.74, 6) is 1.05. The minimum atomic E-state index is 0. The number of nitrogens with one attached hydrogen (secondary N) is 1. The topological polar surface area (TPSA) is 20.6 Å². The van der Waals surface area contributed by atoms with Gasteiger partial charge in [0.05, 0.1) is 35.2 Å². The Kier molecular flexibility index (Phi) is 6.16. The lowest BCUT2D eigenvalue weighted by Crippen LogP contribution is -3.13. The van der Waals surface area contributed by atoms with Crippen molar-refractivity contribution < 1.29 is 17.3 Å². The molecule has 25 heavy (non-hydrogen) atoms. The monoisotopic (exact) mass is 395 g/mol. The van der Waals surface area contributed by atoms with E-state index in [0.29, 0.717) is 5.02 Å². The van der Waals surface area contributed by atoms with Gasteiger partial charge in [-0.3, -0.25) is 0 Å². The highest BCUT2D eigenvalue weighted by Gasteiger charge is 2.28. The molecule has 2 aromatic rings. The number of quaternary nitrogens is 1. The van der Waals surface area contributed by atoms with Gasteiger partial charge >= 0.3 is 0 Å². The van der Waals surface area contributed by atoms with Gasteiger partial charge in [0.15, 0.2) is 0 Å². The highest BCUT2D eigenvalue weighted by atomic mass is 35.5. The van der Waals surface area contributed by atoms with Crippen LogP contribution in [-0.4, -0.2) is 31.2 Å². The van der Waals surface area contributed by atoms with E-state index >= 15 is 0 Å². The smallest absolute Gasteiger partial charge is 0.147 e. The molecule has 1 saturated heterocycles. The van der Waals surface area contributed by atoms with E-state index in [1.165, 1.54) is 42.8 Å². The summed E-state index contributed by atoms with van der Waals surface area (Å²) in [6.07, 6.45) is 7.05. The van der Waals surface area contributed by atoms with Crippen LogP contribution in [0.2, 0.25) is 5.02 Å². The largest absolute Gasteiger partial charge is 1.00 e. The first-order valence-electron chi connectivity index (χ1n) is 8.74. The quantitative estimate of drug-likeness (QED) is 0.829. The number of hydrogen-bond acceptors (Lipinski definition) is 3. The Morgan fingerprint density at radius 1 is 1.28 bits per heavy atom. The molecule has 0 aliphatic carbocycles. The van der Waals surface area contributed by atoms with Gasteiger partial charge in [0.25, 0.3) is 0 Å². The summed E-state index contributed by atoms with van der Waals surface area (Å²) in [5.41, 5.74) is 1.28. The third-order valence-electron chi connectivity index (χ3n) is 5.20. The molecule has 0 radical (unpaired) electrons. The number of anilines is 2. The molecule has 2 aliphatic heterocycles. The zero-order valence-electron chi connectivity index (χ0n) is 14.3. The highest BCUT2D eigenvalue weighted by Crippen LogP contribution is 2.47. The molecular weight excluding hydrogens is 373 g/mol. The van der Waals surface area contributed by atoms with Crippen molar-refractivity contribution in [2.24, 2.45) is 0 Å². The van der Waals surface area contributed by atoms with E-state index in [9.17, 15) is 0 Å². The summed E-state index contributed by atoms with van der Waals surface area (Å²) in [7, 11) is 2.34. The van der Waals surface area contributed by atoms with Crippen LogP contribution in [0.5, 0.6) is 0 Å². The molecule has 2 unspecified atom stereocenters. The predicted molar refractivity (Wildman–Crippen MR) is 101 cm³/mol. The number of piperidine rings is 1. The van der Waals surface area contributed by atoms with Crippen LogP contribution < -0.4 is 22.2 Å². The number of benzene rings is 1. The Balaban J connectivity index is 0.00000182. The van der Waals surface area contributed by atoms with E-state index in [0.717, 1.165) is 23.3 Å². The number of hydrogen-bond donors (Lipinski definition) is 1. The first-order valence-corrected chi connectivity index (χ1v) is 9.94. The van der Waals surface area contributed by atoms with Crippen LogP contribution >= 0.6 is 23.4 Å². The number of pyridine rings is 1. The first-order chi connectivity index (χ1) is 11.7. The van der Waals surface area contributed by atoms with Crippen molar-refractivity contribution >= 4 is 34.9 Å². The maximum absolute atomic E-state index is 6.17. The van der Waals surface area contributed by atoms with Crippen molar-refractivity contribution in [3.63, 3.8) is 0 Å². The molecule has 1 N–H and O–H groups in total. The van der Waals surface area contributed by atoms with Gasteiger partial charge in [0.2, 0.25) is 0 Å². The van der Waals surface area contributed by atoms with Gasteiger partial charge in [0, 0.05) is 24.1 Å². The maximum Gasteiger partial charge on any atom is 0.147 e. The normalized spacial score (nSPS) is 21.9. The SMILES string of the molecule is C[NH+]1CCCCC1CCN1c2ccccc2Sc2cc(Cl)cnc21.[Cl-]. The molecule has 134 valence electrons. The molecule has 0 saturated carbocycles. The molecule has 0 amide bonds. The summed E-state index contributed by atoms with van der Waals surface area (Å²) in [6.45, 7) is 2.32. The summed E-state index contributed by atoms with van der Waals surface area (Å²) in [5, 5.41) is 0.706. The maximum atomic E-state index is 6.17. The summed E-state index contributed by atoms with van der Waals surface area (Å²) in [4.78, 5) is 11.2. The average molecular weight is 396 g/mol. The van der Waals surface area contributed by atoms with Crippen molar-refractivity contribution in [2.45, 2.75) is 41.5 Å². The third-order valence-corrected chi connectivity index (χ3v) is 6.50. The van der Waals surface area contributed by atoms with Gasteiger partial charge in [-0.15, -0.1) is 0 Å². The van der Waals surface area contributed by atoms with Gasteiger partial charge in [0.1, 0.15) is 5.82 Å². The second-order valence-electron chi connectivity index (χ2n) is 6.77. The van der Waals surface area contributed by atoms with Crippen LogP contribution in [0.4, 0.5) is 11.5 Å². The summed E-state index contributed by atoms with van der Waals surface area (Å²) in [6, 6.07) is 11.4. The number of likely N-dealkylation sites (tertiary alicyclic amines) is 1. The van der Waals surface area contributed by atoms with Crippen LogP contribution in [0, 0.1) is 0 Å². The van der Waals surface area contributed by atoms with E-state index in [4.69, 9.17) is 11.6 Å². The zero-order chi connectivity index (χ0) is 16.5. The van der Waals surface area contributed by atoms with Crippen molar-refractivity contribution in [1.82, 2.24) is 4.98 Å². The summed E-state index contributed by atoms with van der Waals surface area (Å²) < 4.78 is 0. The average Bonchev–Trinajstić information content (AvgIpc) is 2.59. The van der Waals surface area contributed by atoms with E-state index in [-0.39, 0.29) is 12.4 Å². The molecule has 1 aromatic carbocycles. The lowest BCUT2D eigenvalue weighted by molar-refractivity contribution is -0.911. The van der Waals surface area contributed by atoms with Crippen molar-refractivity contribution in [2.75, 3.05) is 25.0 Å². The van der Waals surface area contributed by atoms with Crippen molar-refractivity contribution in [3.05, 3.63) is 41.6 Å². The number of fused-ring (bicyclic) bond motifs is 2. The van der Waals surface area contributed by atoms with Crippen LogP contribution in [0.15, 0.2) is 46.3 Å². The number of halogens is 2. The molecule has 1 fully saturated rings. The minimum Gasteiger partial charge on any atom is -1.00 e. The second-order valence-corrected chi connectivity index (χ2v) is 8.29. The first kappa shape index (κ1) is 18.8. The number of para-hydroxylation sites is 1. The number of rotatable bonds is 3. The molecule has 1 aromatic heterocycles. The van der Waals surface area contributed by atoms with Gasteiger partial charge in [-0.05, 0) is 37.5 Å². The molecule has 2 aliphatic rings. The summed E-state index contributed by atoms with van der Waals surface area (Å²) >= 11 is 7.94. The number of nitrogens with zero attached hydrogens (tertiary/aromatic N) is 2. The van der Waals surface area contributed by atoms with E-state index in [1.807, 2.05) is 6.07 Å². The fourth-order valence-electron chi connectivity index (χ4n) is 3.84. The zero-order valence-corrected chi connectivity index (χ0v) is 16.7. The Labute approximate surface area is 165 Å². The van der Waals surface area contributed by atoms with Gasteiger partial charge in [-0.1, -0.05) is 35.5 Å². The second kappa shape index (κ2) is 8.17. The Morgan fingerprint density at radius 3 is 2.96 bits per heavy atom. The molecule has 0 spiro atoms. The Bertz CT molecular complexity index is 740.